The molecule has 0 radical (unpaired) electrons. The molecule has 0 heterocycles. The fourth-order valence-corrected chi connectivity index (χ4v) is 4.44. The van der Waals surface area contributed by atoms with Gasteiger partial charge in [-0.25, -0.2) is 21.6 Å². The Kier molecular flexibility index (Phi) is 7.20. The van der Waals surface area contributed by atoms with Crippen LogP contribution in [0.5, 0.6) is 5.75 Å². The molecule has 0 unspecified atom stereocenters. The summed E-state index contributed by atoms with van der Waals surface area (Å²) in [5.41, 5.74) is 0.142. The van der Waals surface area contributed by atoms with Gasteiger partial charge in [-0.2, -0.15) is 5.11 Å². The van der Waals surface area contributed by atoms with Gasteiger partial charge in [-0.3, -0.25) is 4.72 Å². The molecular weight excluding hydrogens is 494 g/mol. The Labute approximate surface area is 194 Å². The maximum Gasteiger partial charge on any atom is 0.513 e. The fourth-order valence-electron chi connectivity index (χ4n) is 2.90. The average Bonchev–Trinajstić information content (AvgIpc) is 2.72. The van der Waals surface area contributed by atoms with Crippen LogP contribution in [0.3, 0.4) is 0 Å². The van der Waals surface area contributed by atoms with Gasteiger partial charge in [-0.15, -0.1) is 5.11 Å². The molecule has 10 nitrogen and oxygen atoms in total. The van der Waals surface area contributed by atoms with E-state index in [1.807, 2.05) is 0 Å². The Balaban J connectivity index is 2.39. The van der Waals surface area contributed by atoms with Gasteiger partial charge in [0.1, 0.15) is 16.3 Å². The number of azo groups is 1. The predicted molar refractivity (Wildman–Crippen MR) is 124 cm³/mol. The molecule has 0 aliphatic carbocycles. The molecule has 0 spiro atoms. The number of sulfonamides is 1. The van der Waals surface area contributed by atoms with Crippen LogP contribution in [0.2, 0.25) is 0 Å². The van der Waals surface area contributed by atoms with E-state index in [0.717, 1.165) is 12.3 Å². The van der Waals surface area contributed by atoms with Crippen LogP contribution in [0.4, 0.5) is 21.9 Å². The molecular formula is C20H18ClN3O7S2. The molecule has 3 rings (SSSR count). The Morgan fingerprint density at radius 2 is 1.73 bits per heavy atom. The quantitative estimate of drug-likeness (QED) is 0.201. The van der Waals surface area contributed by atoms with E-state index in [1.54, 1.807) is 37.3 Å². The number of nitrogens with zero attached hydrogens (tertiary/aromatic N) is 2. The third-order valence-corrected chi connectivity index (χ3v) is 6.02. The number of hydrogen-bond acceptors (Lipinski definition) is 9. The lowest BCUT2D eigenvalue weighted by molar-refractivity contribution is 0.105. The van der Waals surface area contributed by atoms with Gasteiger partial charge in [0.2, 0.25) is 10.0 Å². The fraction of sp³-hybridized carbons (Fsp3) is 0.150. The van der Waals surface area contributed by atoms with Crippen molar-refractivity contribution >= 4 is 63.7 Å². The minimum Gasteiger partial charge on any atom is -0.434 e. The van der Waals surface area contributed by atoms with Gasteiger partial charge in [-0.05, 0) is 25.1 Å². The maximum absolute atomic E-state index is 12.4. The van der Waals surface area contributed by atoms with Crippen molar-refractivity contribution in [3.63, 3.8) is 0 Å². The van der Waals surface area contributed by atoms with E-state index >= 15 is 0 Å². The summed E-state index contributed by atoms with van der Waals surface area (Å²) in [5.74, 6) is -0.224. The third kappa shape index (κ3) is 6.18. The van der Waals surface area contributed by atoms with Gasteiger partial charge in [-0.1, -0.05) is 30.3 Å². The molecule has 0 aliphatic rings. The minimum atomic E-state index is -4.45. The van der Waals surface area contributed by atoms with Crippen LogP contribution in [0.1, 0.15) is 6.92 Å². The molecule has 0 aliphatic heterocycles. The number of carbonyl (C=O) groups is 1. The van der Waals surface area contributed by atoms with Gasteiger partial charge in [0.25, 0.3) is 9.05 Å². The Morgan fingerprint density at radius 3 is 2.33 bits per heavy atom. The number of ether oxygens (including phenoxy) is 2. The number of hydrogen-bond donors (Lipinski definition) is 1. The molecule has 3 aromatic carbocycles. The number of nitrogens with one attached hydrogen (secondary N) is 1. The van der Waals surface area contributed by atoms with Gasteiger partial charge in [0, 0.05) is 27.5 Å². The van der Waals surface area contributed by atoms with Crippen LogP contribution in [0.25, 0.3) is 10.8 Å². The maximum atomic E-state index is 12.4. The molecule has 1 N–H and O–H groups in total. The van der Waals surface area contributed by atoms with Crippen molar-refractivity contribution in [3.05, 3.63) is 54.6 Å². The molecule has 0 atom stereocenters. The van der Waals surface area contributed by atoms with Crippen molar-refractivity contribution in [2.24, 2.45) is 10.2 Å². The first kappa shape index (κ1) is 24.4. The minimum absolute atomic E-state index is 0.00336. The molecule has 13 heteroatoms. The number of fused-ring (bicyclic) bond motifs is 1. The monoisotopic (exact) mass is 511 g/mol. The Bertz CT molecular complexity index is 1440. The highest BCUT2D eigenvalue weighted by Gasteiger charge is 2.25. The molecule has 0 bridgehead atoms. The van der Waals surface area contributed by atoms with E-state index in [-0.39, 0.29) is 34.5 Å². The first-order chi connectivity index (χ1) is 15.5. The lowest BCUT2D eigenvalue weighted by atomic mass is 10.1. The zero-order valence-electron chi connectivity index (χ0n) is 17.3. The summed E-state index contributed by atoms with van der Waals surface area (Å²) in [4.78, 5) is 11.4. The van der Waals surface area contributed by atoms with Crippen molar-refractivity contribution < 1.29 is 31.1 Å². The smallest absolute Gasteiger partial charge is 0.434 e. The van der Waals surface area contributed by atoms with Crippen LogP contribution in [0, 0.1) is 0 Å². The molecule has 0 saturated heterocycles. The van der Waals surface area contributed by atoms with Crippen molar-refractivity contribution in [2.75, 3.05) is 17.6 Å². The second kappa shape index (κ2) is 9.73. The van der Waals surface area contributed by atoms with Crippen LogP contribution in [-0.2, 0) is 23.8 Å². The third-order valence-electron chi connectivity index (χ3n) is 4.10. The second-order valence-electron chi connectivity index (χ2n) is 6.58. The number of benzene rings is 3. The number of anilines is 1. The van der Waals surface area contributed by atoms with Gasteiger partial charge >= 0.3 is 6.16 Å². The normalized spacial score (nSPS) is 12.1. The summed E-state index contributed by atoms with van der Waals surface area (Å²) in [6.07, 6.45) is -0.160. The van der Waals surface area contributed by atoms with Crippen LogP contribution in [0.15, 0.2) is 69.7 Å². The summed E-state index contributed by atoms with van der Waals surface area (Å²) in [5, 5.41) is 8.30. The van der Waals surface area contributed by atoms with Crippen LogP contribution in [-0.4, -0.2) is 35.9 Å². The highest BCUT2D eigenvalue weighted by atomic mass is 35.7. The largest absolute Gasteiger partial charge is 0.513 e. The van der Waals surface area contributed by atoms with E-state index in [0.29, 0.717) is 5.69 Å². The van der Waals surface area contributed by atoms with E-state index in [9.17, 15) is 21.6 Å². The van der Waals surface area contributed by atoms with Crippen molar-refractivity contribution in [1.29, 1.82) is 0 Å². The van der Waals surface area contributed by atoms with Gasteiger partial charge in [0.15, 0.2) is 0 Å². The number of carbonyl (C=O) groups excluding carboxylic acids is 1. The van der Waals surface area contributed by atoms with Crippen molar-refractivity contribution in [1.82, 2.24) is 0 Å². The summed E-state index contributed by atoms with van der Waals surface area (Å²) in [6.45, 7) is 1.58. The zero-order chi connectivity index (χ0) is 24.2. The first-order valence-electron chi connectivity index (χ1n) is 9.33. The molecule has 33 heavy (non-hydrogen) atoms. The number of rotatable bonds is 7. The van der Waals surface area contributed by atoms with Crippen molar-refractivity contribution in [3.8, 4) is 5.75 Å². The van der Waals surface area contributed by atoms with Crippen LogP contribution < -0.4 is 9.46 Å². The Morgan fingerprint density at radius 1 is 1.03 bits per heavy atom. The summed E-state index contributed by atoms with van der Waals surface area (Å²) in [6, 6.07) is 13.8. The lowest BCUT2D eigenvalue weighted by Crippen LogP contribution is -2.12. The highest BCUT2D eigenvalue weighted by molar-refractivity contribution is 8.13. The van der Waals surface area contributed by atoms with E-state index in [4.69, 9.17) is 20.2 Å². The summed E-state index contributed by atoms with van der Waals surface area (Å²) < 4.78 is 61.0. The molecule has 3 aromatic rings. The molecule has 0 fully saturated rings. The van der Waals surface area contributed by atoms with E-state index < -0.39 is 30.1 Å². The van der Waals surface area contributed by atoms with Gasteiger partial charge in [0.05, 0.1) is 24.2 Å². The zero-order valence-corrected chi connectivity index (χ0v) is 19.7. The van der Waals surface area contributed by atoms with Crippen molar-refractivity contribution in [2.45, 2.75) is 11.8 Å². The molecule has 0 saturated carbocycles. The summed E-state index contributed by atoms with van der Waals surface area (Å²) >= 11 is 0. The lowest BCUT2D eigenvalue weighted by Gasteiger charge is -2.15. The van der Waals surface area contributed by atoms with E-state index in [2.05, 4.69) is 15.0 Å². The Hall–Kier alpha value is -3.22. The number of halogens is 1. The first-order valence-corrected chi connectivity index (χ1v) is 13.5. The highest BCUT2D eigenvalue weighted by Crippen LogP contribution is 2.44. The predicted octanol–water partition coefficient (Wildman–Crippen LogP) is 5.09. The summed E-state index contributed by atoms with van der Waals surface area (Å²) in [7, 11) is -2.57. The SMILES string of the molecule is CCOC(=O)Oc1cc(S(=O)(=O)Cl)c(N=Nc2ccccc2)c2c(NS(C)(=O)=O)cccc12. The standard InChI is InChI=1S/C20H18ClN3O7S2/c1-3-30-20(25)31-16-12-17(33(21,28)29)19(23-22-13-8-5-4-6-9-13)18-14(16)10-7-11-15(18)24-32(2,26)27/h4-12,24H,3H2,1-2H3. The van der Waals surface area contributed by atoms with E-state index in [1.165, 1.54) is 18.2 Å². The second-order valence-corrected chi connectivity index (χ2v) is 10.9. The van der Waals surface area contributed by atoms with Gasteiger partial charge < -0.3 is 9.47 Å². The topological polar surface area (TPSA) is 141 Å². The van der Waals surface area contributed by atoms with Crippen LogP contribution >= 0.6 is 10.7 Å². The molecule has 0 aromatic heterocycles. The molecule has 174 valence electrons. The average molecular weight is 512 g/mol. The molecule has 0 amide bonds.